The summed E-state index contributed by atoms with van der Waals surface area (Å²) in [5.74, 6) is 0.850. The van der Waals surface area contributed by atoms with E-state index in [1.54, 1.807) is 0 Å². The quantitative estimate of drug-likeness (QED) is 0.490. The molecule has 1 aliphatic rings. The molecule has 2 nitrogen and oxygen atoms in total. The molecule has 0 saturated carbocycles. The third-order valence-corrected chi connectivity index (χ3v) is 2.10. The lowest BCUT2D eigenvalue weighted by Gasteiger charge is -2.30. The van der Waals surface area contributed by atoms with Crippen molar-refractivity contribution < 1.29 is 5.11 Å². The zero-order valence-electron chi connectivity index (χ0n) is 6.09. The van der Waals surface area contributed by atoms with Gasteiger partial charge in [0.15, 0.2) is 0 Å². The first-order chi connectivity index (χ1) is 4.22. The first kappa shape index (κ1) is 7.03. The Hall–Kier alpha value is -0.0800. The van der Waals surface area contributed by atoms with Gasteiger partial charge in [-0.3, -0.25) is 0 Å². The Morgan fingerprint density at radius 1 is 1.22 bits per heavy atom. The van der Waals surface area contributed by atoms with Gasteiger partial charge in [0.05, 0.1) is 6.10 Å². The molecule has 0 aromatic heterocycles. The first-order valence-electron chi connectivity index (χ1n) is 3.60. The van der Waals surface area contributed by atoms with Crippen LogP contribution in [0.15, 0.2) is 0 Å². The summed E-state index contributed by atoms with van der Waals surface area (Å²) < 4.78 is 0. The molecule has 1 heterocycles. The molecule has 1 aliphatic heterocycles. The molecule has 0 bridgehead atoms. The van der Waals surface area contributed by atoms with Crippen LogP contribution in [-0.2, 0) is 0 Å². The lowest BCUT2D eigenvalue weighted by molar-refractivity contribution is 0.0434. The minimum absolute atomic E-state index is 0.0914. The van der Waals surface area contributed by atoms with Crippen molar-refractivity contribution in [1.29, 1.82) is 0 Å². The lowest BCUT2D eigenvalue weighted by atomic mass is 9.90. The summed E-state index contributed by atoms with van der Waals surface area (Å²) in [6.45, 7) is 6.08. The van der Waals surface area contributed by atoms with Crippen molar-refractivity contribution in [2.24, 2.45) is 11.8 Å². The molecule has 54 valence electrons. The van der Waals surface area contributed by atoms with E-state index >= 15 is 0 Å². The fraction of sp³-hybridized carbons (Fsp3) is 1.00. The molecule has 0 unspecified atom stereocenters. The van der Waals surface area contributed by atoms with Gasteiger partial charge in [0, 0.05) is 13.1 Å². The van der Waals surface area contributed by atoms with Gasteiger partial charge in [0.25, 0.3) is 0 Å². The van der Waals surface area contributed by atoms with Gasteiger partial charge in [-0.2, -0.15) is 0 Å². The topological polar surface area (TPSA) is 32.3 Å². The van der Waals surface area contributed by atoms with E-state index in [1.165, 1.54) is 0 Å². The van der Waals surface area contributed by atoms with Crippen molar-refractivity contribution in [3.63, 3.8) is 0 Å². The second kappa shape index (κ2) is 2.67. The zero-order valence-corrected chi connectivity index (χ0v) is 6.09. The van der Waals surface area contributed by atoms with Gasteiger partial charge >= 0.3 is 0 Å². The van der Waals surface area contributed by atoms with Crippen LogP contribution in [-0.4, -0.2) is 24.3 Å². The lowest BCUT2D eigenvalue weighted by Crippen LogP contribution is -2.44. The van der Waals surface area contributed by atoms with Crippen LogP contribution in [0.4, 0.5) is 0 Å². The molecule has 3 atom stereocenters. The molecule has 0 aromatic rings. The molecule has 0 aliphatic carbocycles. The maximum atomic E-state index is 9.41. The fourth-order valence-electron chi connectivity index (χ4n) is 1.34. The molecule has 1 fully saturated rings. The highest BCUT2D eigenvalue weighted by Gasteiger charge is 2.24. The highest BCUT2D eigenvalue weighted by molar-refractivity contribution is 4.78. The van der Waals surface area contributed by atoms with Crippen LogP contribution in [0.2, 0.25) is 0 Å². The Labute approximate surface area is 56.3 Å². The maximum Gasteiger partial charge on any atom is 0.0615 e. The average molecular weight is 129 g/mol. The van der Waals surface area contributed by atoms with Crippen LogP contribution >= 0.6 is 0 Å². The highest BCUT2D eigenvalue weighted by atomic mass is 16.3. The van der Waals surface area contributed by atoms with Crippen molar-refractivity contribution in [1.82, 2.24) is 5.32 Å². The van der Waals surface area contributed by atoms with Gasteiger partial charge in [-0.15, -0.1) is 0 Å². The minimum Gasteiger partial charge on any atom is -0.392 e. The number of rotatable bonds is 0. The van der Waals surface area contributed by atoms with Crippen LogP contribution in [0.1, 0.15) is 13.8 Å². The van der Waals surface area contributed by atoms with Crippen molar-refractivity contribution in [3.05, 3.63) is 0 Å². The van der Waals surface area contributed by atoms with Crippen LogP contribution in [0.25, 0.3) is 0 Å². The molecular weight excluding hydrogens is 114 g/mol. The van der Waals surface area contributed by atoms with Crippen LogP contribution in [0, 0.1) is 11.8 Å². The number of hydrogen-bond acceptors (Lipinski definition) is 2. The molecule has 0 radical (unpaired) electrons. The molecule has 1 saturated heterocycles. The molecule has 0 amide bonds. The van der Waals surface area contributed by atoms with E-state index in [-0.39, 0.29) is 6.10 Å². The normalized spacial score (nSPS) is 45.0. The van der Waals surface area contributed by atoms with Crippen molar-refractivity contribution >= 4 is 0 Å². The van der Waals surface area contributed by atoms with Gasteiger partial charge in [0.1, 0.15) is 0 Å². The van der Waals surface area contributed by atoms with E-state index in [2.05, 4.69) is 19.2 Å². The van der Waals surface area contributed by atoms with Crippen LogP contribution < -0.4 is 5.32 Å². The van der Waals surface area contributed by atoms with Gasteiger partial charge < -0.3 is 10.4 Å². The smallest absolute Gasteiger partial charge is 0.0615 e. The average Bonchev–Trinajstić information content (AvgIpc) is 1.83. The van der Waals surface area contributed by atoms with E-state index in [0.29, 0.717) is 11.8 Å². The highest BCUT2D eigenvalue weighted by Crippen LogP contribution is 2.15. The number of piperidine rings is 1. The SMILES string of the molecule is C[C@@H]1CNC[C@H](C)[C@@H]1O. The molecule has 0 spiro atoms. The fourth-order valence-corrected chi connectivity index (χ4v) is 1.34. The molecular formula is C7H15NO. The number of aliphatic hydroxyl groups is 1. The van der Waals surface area contributed by atoms with E-state index in [0.717, 1.165) is 13.1 Å². The predicted molar refractivity (Wildman–Crippen MR) is 37.2 cm³/mol. The van der Waals surface area contributed by atoms with Gasteiger partial charge in [-0.1, -0.05) is 13.8 Å². The van der Waals surface area contributed by atoms with Crippen molar-refractivity contribution in [2.45, 2.75) is 20.0 Å². The zero-order chi connectivity index (χ0) is 6.85. The van der Waals surface area contributed by atoms with E-state index in [1.807, 2.05) is 0 Å². The number of aliphatic hydroxyl groups excluding tert-OH is 1. The summed E-state index contributed by atoms with van der Waals surface area (Å²) in [4.78, 5) is 0. The van der Waals surface area contributed by atoms with Gasteiger partial charge in [0.2, 0.25) is 0 Å². The summed E-state index contributed by atoms with van der Waals surface area (Å²) in [5.41, 5.74) is 0. The molecule has 9 heavy (non-hydrogen) atoms. The summed E-state index contributed by atoms with van der Waals surface area (Å²) in [5, 5.41) is 12.7. The summed E-state index contributed by atoms with van der Waals surface area (Å²) in [6.07, 6.45) is -0.0914. The van der Waals surface area contributed by atoms with Crippen molar-refractivity contribution in [3.8, 4) is 0 Å². The molecule has 2 N–H and O–H groups in total. The first-order valence-corrected chi connectivity index (χ1v) is 3.60. The van der Waals surface area contributed by atoms with Gasteiger partial charge in [-0.05, 0) is 11.8 Å². The Balaban J connectivity index is 2.41. The molecule has 0 aromatic carbocycles. The maximum absolute atomic E-state index is 9.41. The molecule has 1 rings (SSSR count). The Bertz CT molecular complexity index is 84.9. The Morgan fingerprint density at radius 3 is 2.00 bits per heavy atom. The largest absolute Gasteiger partial charge is 0.392 e. The van der Waals surface area contributed by atoms with Crippen molar-refractivity contribution in [2.75, 3.05) is 13.1 Å². The minimum atomic E-state index is -0.0914. The Morgan fingerprint density at radius 2 is 1.67 bits per heavy atom. The van der Waals surface area contributed by atoms with Crippen LogP contribution in [0.3, 0.4) is 0 Å². The second-order valence-electron chi connectivity index (χ2n) is 3.10. The predicted octanol–water partition coefficient (Wildman–Crippen LogP) is 0.223. The summed E-state index contributed by atoms with van der Waals surface area (Å²) >= 11 is 0. The summed E-state index contributed by atoms with van der Waals surface area (Å²) in [6, 6.07) is 0. The van der Waals surface area contributed by atoms with Gasteiger partial charge in [-0.25, -0.2) is 0 Å². The van der Waals surface area contributed by atoms with E-state index < -0.39 is 0 Å². The van der Waals surface area contributed by atoms with E-state index in [4.69, 9.17) is 0 Å². The third-order valence-electron chi connectivity index (χ3n) is 2.10. The number of nitrogens with one attached hydrogen (secondary N) is 1. The van der Waals surface area contributed by atoms with Crippen LogP contribution in [0.5, 0.6) is 0 Å². The molecule has 2 heteroatoms. The number of hydrogen-bond donors (Lipinski definition) is 2. The van der Waals surface area contributed by atoms with E-state index in [9.17, 15) is 5.11 Å². The monoisotopic (exact) mass is 129 g/mol. The Kier molecular flexibility index (Phi) is 2.09. The standard InChI is InChI=1S/C7H15NO/c1-5-3-8-4-6(2)7(5)9/h5-9H,3-4H2,1-2H3/t5-,6+,7-. The summed E-state index contributed by atoms with van der Waals surface area (Å²) in [7, 11) is 0. The third kappa shape index (κ3) is 1.43. The second-order valence-corrected chi connectivity index (χ2v) is 3.10.